The summed E-state index contributed by atoms with van der Waals surface area (Å²) in [5, 5.41) is 13.4. The molecule has 2 aromatic rings. The van der Waals surface area contributed by atoms with E-state index in [1.807, 2.05) is 24.2 Å². The maximum absolute atomic E-state index is 12.6. The molecule has 0 bridgehead atoms. The average molecular weight is 294 g/mol. The number of hydrogen-bond donors (Lipinski definition) is 0. The SMILES string of the molecule is Cn1ccc([C@@H]2CCCN(C(=O)c3cccc(C#N)c3)C2)n1. The van der Waals surface area contributed by atoms with Crippen LogP contribution in [0, 0.1) is 11.3 Å². The van der Waals surface area contributed by atoms with Crippen LogP contribution in [-0.4, -0.2) is 33.7 Å². The van der Waals surface area contributed by atoms with Gasteiger partial charge in [-0.05, 0) is 37.1 Å². The van der Waals surface area contributed by atoms with E-state index in [1.165, 1.54) is 0 Å². The summed E-state index contributed by atoms with van der Waals surface area (Å²) >= 11 is 0. The first-order chi connectivity index (χ1) is 10.7. The Hall–Kier alpha value is -2.61. The molecule has 1 amide bonds. The monoisotopic (exact) mass is 294 g/mol. The number of aromatic nitrogens is 2. The number of carbonyl (C=O) groups is 1. The first-order valence-corrected chi connectivity index (χ1v) is 7.46. The Balaban J connectivity index is 1.76. The molecule has 2 heterocycles. The van der Waals surface area contributed by atoms with E-state index in [0.717, 1.165) is 25.1 Å². The number of rotatable bonds is 2. The summed E-state index contributed by atoms with van der Waals surface area (Å²) in [6.07, 6.45) is 3.97. The smallest absolute Gasteiger partial charge is 0.253 e. The molecule has 1 aliphatic heterocycles. The van der Waals surface area contributed by atoms with Crippen LogP contribution in [0.2, 0.25) is 0 Å². The van der Waals surface area contributed by atoms with Gasteiger partial charge in [0, 0.05) is 37.8 Å². The van der Waals surface area contributed by atoms with Gasteiger partial charge in [-0.25, -0.2) is 0 Å². The van der Waals surface area contributed by atoms with Crippen molar-refractivity contribution in [3.8, 4) is 6.07 Å². The molecule has 3 rings (SSSR count). The molecule has 0 aliphatic carbocycles. The van der Waals surface area contributed by atoms with Gasteiger partial charge < -0.3 is 4.90 Å². The third-order valence-electron chi connectivity index (χ3n) is 4.10. The van der Waals surface area contributed by atoms with Crippen LogP contribution < -0.4 is 0 Å². The molecule has 0 spiro atoms. The van der Waals surface area contributed by atoms with Gasteiger partial charge >= 0.3 is 0 Å². The highest BCUT2D eigenvalue weighted by molar-refractivity contribution is 5.94. The number of amides is 1. The zero-order valence-electron chi connectivity index (χ0n) is 12.6. The molecule has 0 N–H and O–H groups in total. The topological polar surface area (TPSA) is 61.9 Å². The number of benzene rings is 1. The van der Waals surface area contributed by atoms with E-state index in [4.69, 9.17) is 5.26 Å². The summed E-state index contributed by atoms with van der Waals surface area (Å²) in [6, 6.07) is 11.0. The average Bonchev–Trinajstić information content (AvgIpc) is 3.01. The fraction of sp³-hybridized carbons (Fsp3) is 0.353. The third kappa shape index (κ3) is 2.86. The molecule has 22 heavy (non-hydrogen) atoms. The number of carbonyl (C=O) groups excluding carboxylic acids is 1. The summed E-state index contributed by atoms with van der Waals surface area (Å²) in [5.41, 5.74) is 2.15. The van der Waals surface area contributed by atoms with E-state index in [0.29, 0.717) is 17.7 Å². The first-order valence-electron chi connectivity index (χ1n) is 7.46. The van der Waals surface area contributed by atoms with Crippen molar-refractivity contribution < 1.29 is 4.79 Å². The van der Waals surface area contributed by atoms with Gasteiger partial charge in [-0.3, -0.25) is 9.48 Å². The van der Waals surface area contributed by atoms with Crippen LogP contribution in [-0.2, 0) is 7.05 Å². The van der Waals surface area contributed by atoms with Gasteiger partial charge in [0.1, 0.15) is 0 Å². The molecule has 0 saturated carbocycles. The van der Waals surface area contributed by atoms with Crippen molar-refractivity contribution in [1.29, 1.82) is 5.26 Å². The van der Waals surface area contributed by atoms with Gasteiger partial charge in [0.2, 0.25) is 0 Å². The van der Waals surface area contributed by atoms with Crippen molar-refractivity contribution in [3.05, 3.63) is 53.3 Å². The van der Waals surface area contributed by atoms with Crippen LogP contribution in [0.4, 0.5) is 0 Å². The quantitative estimate of drug-likeness (QED) is 0.854. The standard InChI is InChI=1S/C17H18N4O/c1-20-9-7-16(19-20)15-6-3-8-21(12-15)17(22)14-5-2-4-13(10-14)11-18/h2,4-5,7,9-10,15H,3,6,8,12H2,1H3/t15-/m1/s1. The molecular formula is C17H18N4O. The van der Waals surface area contributed by atoms with Crippen molar-refractivity contribution in [1.82, 2.24) is 14.7 Å². The van der Waals surface area contributed by atoms with E-state index in [-0.39, 0.29) is 11.8 Å². The number of nitriles is 1. The summed E-state index contributed by atoms with van der Waals surface area (Å²) < 4.78 is 1.80. The second-order valence-electron chi connectivity index (χ2n) is 5.70. The molecule has 0 radical (unpaired) electrons. The molecular weight excluding hydrogens is 276 g/mol. The fourth-order valence-electron chi connectivity index (χ4n) is 2.96. The van der Waals surface area contributed by atoms with Crippen molar-refractivity contribution in [3.63, 3.8) is 0 Å². The number of likely N-dealkylation sites (tertiary alicyclic amines) is 1. The normalized spacial score (nSPS) is 18.0. The number of aryl methyl sites for hydroxylation is 1. The zero-order chi connectivity index (χ0) is 15.5. The van der Waals surface area contributed by atoms with Crippen molar-refractivity contribution in [2.24, 2.45) is 7.05 Å². The molecule has 5 heteroatoms. The number of piperidine rings is 1. The summed E-state index contributed by atoms with van der Waals surface area (Å²) in [6.45, 7) is 1.45. The molecule has 1 aromatic heterocycles. The number of hydrogen-bond acceptors (Lipinski definition) is 3. The van der Waals surface area contributed by atoms with Crippen LogP contribution in [0.15, 0.2) is 36.5 Å². The van der Waals surface area contributed by atoms with Gasteiger partial charge in [-0.2, -0.15) is 10.4 Å². The largest absolute Gasteiger partial charge is 0.338 e. The lowest BCUT2D eigenvalue weighted by Crippen LogP contribution is -2.39. The van der Waals surface area contributed by atoms with Gasteiger partial charge in [-0.15, -0.1) is 0 Å². The van der Waals surface area contributed by atoms with Crippen LogP contribution in [0.25, 0.3) is 0 Å². The minimum Gasteiger partial charge on any atom is -0.338 e. The predicted octanol–water partition coefficient (Wildman–Crippen LogP) is 2.31. The van der Waals surface area contributed by atoms with Gasteiger partial charge in [-0.1, -0.05) is 6.07 Å². The summed E-state index contributed by atoms with van der Waals surface area (Å²) in [5.74, 6) is 0.288. The van der Waals surface area contributed by atoms with E-state index >= 15 is 0 Å². The minimum absolute atomic E-state index is 0.00210. The Bertz CT molecular complexity index is 728. The second-order valence-corrected chi connectivity index (χ2v) is 5.70. The fourth-order valence-corrected chi connectivity index (χ4v) is 2.96. The molecule has 0 unspecified atom stereocenters. The van der Waals surface area contributed by atoms with Crippen LogP contribution in [0.5, 0.6) is 0 Å². The van der Waals surface area contributed by atoms with E-state index in [9.17, 15) is 4.79 Å². The van der Waals surface area contributed by atoms with Crippen molar-refractivity contribution >= 4 is 5.91 Å². The van der Waals surface area contributed by atoms with E-state index in [1.54, 1.807) is 28.9 Å². The summed E-state index contributed by atoms with van der Waals surface area (Å²) in [7, 11) is 1.91. The van der Waals surface area contributed by atoms with Crippen LogP contribution in [0.3, 0.4) is 0 Å². The molecule has 1 aromatic carbocycles. The molecule has 1 saturated heterocycles. The van der Waals surface area contributed by atoms with Gasteiger partial charge in [0.25, 0.3) is 5.91 Å². The summed E-state index contributed by atoms with van der Waals surface area (Å²) in [4.78, 5) is 14.5. The van der Waals surface area contributed by atoms with Crippen LogP contribution in [0.1, 0.15) is 40.4 Å². The minimum atomic E-state index is -0.00210. The molecule has 5 nitrogen and oxygen atoms in total. The maximum atomic E-state index is 12.6. The van der Waals surface area contributed by atoms with Crippen molar-refractivity contribution in [2.75, 3.05) is 13.1 Å². The highest BCUT2D eigenvalue weighted by atomic mass is 16.2. The Morgan fingerprint density at radius 3 is 3.00 bits per heavy atom. The van der Waals surface area contributed by atoms with E-state index in [2.05, 4.69) is 11.2 Å². The lowest BCUT2D eigenvalue weighted by Gasteiger charge is -2.32. The molecule has 1 aliphatic rings. The Morgan fingerprint density at radius 1 is 1.41 bits per heavy atom. The first kappa shape index (κ1) is 14.3. The lowest BCUT2D eigenvalue weighted by atomic mass is 9.94. The Labute approximate surface area is 129 Å². The number of nitrogens with zero attached hydrogens (tertiary/aromatic N) is 4. The Kier molecular flexibility index (Phi) is 3.92. The van der Waals surface area contributed by atoms with Crippen LogP contribution >= 0.6 is 0 Å². The highest BCUT2D eigenvalue weighted by Crippen LogP contribution is 2.26. The second kappa shape index (κ2) is 6.02. The maximum Gasteiger partial charge on any atom is 0.253 e. The van der Waals surface area contributed by atoms with Gasteiger partial charge in [0.05, 0.1) is 17.3 Å². The predicted molar refractivity (Wildman–Crippen MR) is 82.2 cm³/mol. The lowest BCUT2D eigenvalue weighted by molar-refractivity contribution is 0.0705. The highest BCUT2D eigenvalue weighted by Gasteiger charge is 2.26. The zero-order valence-corrected chi connectivity index (χ0v) is 12.6. The Morgan fingerprint density at radius 2 is 2.27 bits per heavy atom. The molecule has 1 fully saturated rings. The third-order valence-corrected chi connectivity index (χ3v) is 4.10. The molecule has 1 atom stereocenters. The van der Waals surface area contributed by atoms with Crippen molar-refractivity contribution in [2.45, 2.75) is 18.8 Å². The van der Waals surface area contributed by atoms with Gasteiger partial charge in [0.15, 0.2) is 0 Å². The molecule has 112 valence electrons. The van der Waals surface area contributed by atoms with E-state index < -0.39 is 0 Å².